The van der Waals surface area contributed by atoms with Gasteiger partial charge in [0.1, 0.15) is 0 Å². The molecule has 90 valence electrons. The van der Waals surface area contributed by atoms with Gasteiger partial charge in [-0.2, -0.15) is 39.5 Å². The number of alkyl halides is 9. The van der Waals surface area contributed by atoms with E-state index in [1.807, 2.05) is 0 Å². The lowest BCUT2D eigenvalue weighted by atomic mass is 9.67. The highest BCUT2D eigenvalue weighted by Crippen LogP contribution is 2.70. The van der Waals surface area contributed by atoms with Crippen molar-refractivity contribution in [1.29, 1.82) is 0 Å². The van der Waals surface area contributed by atoms with E-state index in [0.29, 0.717) is 0 Å². The molecule has 0 amide bonds. The maximum atomic E-state index is 12.2. The van der Waals surface area contributed by atoms with Gasteiger partial charge in [-0.25, -0.2) is 0 Å². The van der Waals surface area contributed by atoms with Crippen LogP contribution in [0.4, 0.5) is 39.5 Å². The largest absolute Gasteiger partial charge is 0.429 e. The molecule has 1 N–H and O–H groups in total. The van der Waals surface area contributed by atoms with Crippen LogP contribution in [0.25, 0.3) is 0 Å². The molecule has 1 rings (SSSR count). The van der Waals surface area contributed by atoms with Gasteiger partial charge in [-0.1, -0.05) is 0 Å². The summed E-state index contributed by atoms with van der Waals surface area (Å²) >= 11 is 0. The standard InChI is InChI=1S/C5HF9O/c6-2(7)1(15,5(12,13)14)3(8,9)4(2,10)11/h15H. The van der Waals surface area contributed by atoms with Crippen LogP contribution in [-0.4, -0.2) is 34.7 Å². The van der Waals surface area contributed by atoms with E-state index in [4.69, 9.17) is 5.11 Å². The summed E-state index contributed by atoms with van der Waals surface area (Å²) in [5.41, 5.74) is -6.03. The lowest BCUT2D eigenvalue weighted by Crippen LogP contribution is -2.90. The van der Waals surface area contributed by atoms with Crippen molar-refractivity contribution in [1.82, 2.24) is 0 Å². The van der Waals surface area contributed by atoms with Crippen molar-refractivity contribution in [3.63, 3.8) is 0 Å². The zero-order valence-corrected chi connectivity index (χ0v) is 6.35. The molecule has 0 aromatic carbocycles. The number of halogens is 9. The van der Waals surface area contributed by atoms with Crippen LogP contribution >= 0.6 is 0 Å². The molecule has 1 saturated carbocycles. The number of hydrogen-bond donors (Lipinski definition) is 1. The van der Waals surface area contributed by atoms with Crippen LogP contribution in [-0.2, 0) is 0 Å². The summed E-state index contributed by atoms with van der Waals surface area (Å²) in [4.78, 5) is 0. The van der Waals surface area contributed by atoms with Crippen LogP contribution in [0, 0.1) is 0 Å². The minimum Gasteiger partial charge on any atom is -0.371 e. The van der Waals surface area contributed by atoms with Gasteiger partial charge < -0.3 is 5.11 Å². The molecular formula is C5HF9O. The molecule has 0 unspecified atom stereocenters. The van der Waals surface area contributed by atoms with E-state index < -0.39 is 29.5 Å². The van der Waals surface area contributed by atoms with Gasteiger partial charge in [-0.3, -0.25) is 0 Å². The summed E-state index contributed by atoms with van der Waals surface area (Å²) < 4.78 is 108. The Bertz CT molecular complexity index is 271. The molecule has 0 aromatic heterocycles. The Balaban J connectivity index is 3.36. The fourth-order valence-electron chi connectivity index (χ4n) is 1.14. The van der Waals surface area contributed by atoms with Crippen molar-refractivity contribution in [2.45, 2.75) is 29.5 Å². The third kappa shape index (κ3) is 0.871. The third-order valence-electron chi connectivity index (χ3n) is 2.11. The highest BCUT2D eigenvalue weighted by atomic mass is 19.4. The lowest BCUT2D eigenvalue weighted by Gasteiger charge is -2.55. The monoisotopic (exact) mass is 248 g/mol. The van der Waals surface area contributed by atoms with E-state index in [1.54, 1.807) is 0 Å². The van der Waals surface area contributed by atoms with Crippen LogP contribution in [0.5, 0.6) is 0 Å². The van der Waals surface area contributed by atoms with Crippen LogP contribution in [0.15, 0.2) is 0 Å². The molecule has 1 aliphatic rings. The smallest absolute Gasteiger partial charge is 0.371 e. The molecule has 0 atom stereocenters. The second-order valence-electron chi connectivity index (χ2n) is 2.93. The average molecular weight is 248 g/mol. The Labute approximate surface area is 75.5 Å². The van der Waals surface area contributed by atoms with Gasteiger partial charge in [-0.05, 0) is 0 Å². The molecule has 1 nitrogen and oxygen atoms in total. The molecule has 1 aliphatic carbocycles. The lowest BCUT2D eigenvalue weighted by molar-refractivity contribution is -0.537. The summed E-state index contributed by atoms with van der Waals surface area (Å²) in [6, 6.07) is 0. The second-order valence-corrected chi connectivity index (χ2v) is 2.93. The Morgan fingerprint density at radius 1 is 0.667 bits per heavy atom. The van der Waals surface area contributed by atoms with Crippen molar-refractivity contribution in [2.24, 2.45) is 0 Å². The van der Waals surface area contributed by atoms with Crippen LogP contribution in [0.3, 0.4) is 0 Å². The van der Waals surface area contributed by atoms with E-state index in [1.165, 1.54) is 0 Å². The fourth-order valence-corrected chi connectivity index (χ4v) is 1.14. The van der Waals surface area contributed by atoms with Crippen molar-refractivity contribution < 1.29 is 44.6 Å². The quantitative estimate of drug-likeness (QED) is 0.651. The van der Waals surface area contributed by atoms with Gasteiger partial charge in [-0.15, -0.1) is 0 Å². The van der Waals surface area contributed by atoms with Gasteiger partial charge in [0, 0.05) is 0 Å². The SMILES string of the molecule is OC1(C(F)(F)F)C(F)(F)C(F)(F)C1(F)F. The highest BCUT2D eigenvalue weighted by Gasteiger charge is 3.05. The predicted octanol–water partition coefficient (Wildman–Crippen LogP) is 2.20. The topological polar surface area (TPSA) is 20.2 Å². The molecule has 0 radical (unpaired) electrons. The van der Waals surface area contributed by atoms with Crippen molar-refractivity contribution in [2.75, 3.05) is 0 Å². The number of aliphatic hydroxyl groups is 1. The molecule has 0 saturated heterocycles. The molecule has 0 aromatic rings. The summed E-state index contributed by atoms with van der Waals surface area (Å²) in [7, 11) is 0. The third-order valence-corrected chi connectivity index (χ3v) is 2.11. The van der Waals surface area contributed by atoms with Gasteiger partial charge in [0.25, 0.3) is 0 Å². The molecule has 10 heteroatoms. The Morgan fingerprint density at radius 2 is 0.933 bits per heavy atom. The number of rotatable bonds is 0. The van der Waals surface area contributed by atoms with Crippen molar-refractivity contribution in [3.05, 3.63) is 0 Å². The first-order valence-electron chi connectivity index (χ1n) is 3.17. The Kier molecular flexibility index (Phi) is 1.95. The fraction of sp³-hybridized carbons (Fsp3) is 1.00. The van der Waals surface area contributed by atoms with E-state index in [2.05, 4.69) is 0 Å². The summed E-state index contributed by atoms with van der Waals surface area (Å²) in [5, 5.41) is 8.03. The maximum Gasteiger partial charge on any atom is 0.429 e. The van der Waals surface area contributed by atoms with Crippen LogP contribution in [0.1, 0.15) is 0 Å². The normalized spacial score (nSPS) is 30.8. The molecule has 0 bridgehead atoms. The maximum absolute atomic E-state index is 12.2. The van der Waals surface area contributed by atoms with Crippen LogP contribution < -0.4 is 0 Å². The number of hydrogen-bond acceptors (Lipinski definition) is 1. The molecule has 0 spiro atoms. The van der Waals surface area contributed by atoms with E-state index in [0.717, 1.165) is 0 Å². The molecule has 0 aliphatic heterocycles. The Morgan fingerprint density at radius 3 is 1.07 bits per heavy atom. The zero-order chi connectivity index (χ0) is 12.5. The highest BCUT2D eigenvalue weighted by molar-refractivity contribution is 5.29. The van der Waals surface area contributed by atoms with Crippen LogP contribution in [0.2, 0.25) is 0 Å². The predicted molar refractivity (Wildman–Crippen MR) is 25.8 cm³/mol. The molecular weight excluding hydrogens is 247 g/mol. The first-order valence-corrected chi connectivity index (χ1v) is 3.17. The van der Waals surface area contributed by atoms with Gasteiger partial charge >= 0.3 is 29.5 Å². The first-order chi connectivity index (χ1) is 6.25. The average Bonchev–Trinajstić information content (AvgIpc) is 1.98. The van der Waals surface area contributed by atoms with E-state index >= 15 is 0 Å². The minimum absolute atomic E-state index is 6.03. The van der Waals surface area contributed by atoms with Gasteiger partial charge in [0.15, 0.2) is 0 Å². The zero-order valence-electron chi connectivity index (χ0n) is 6.35. The summed E-state index contributed by atoms with van der Waals surface area (Å²) in [6.45, 7) is 0. The van der Waals surface area contributed by atoms with Crippen molar-refractivity contribution in [3.8, 4) is 0 Å². The minimum atomic E-state index is -6.57. The van der Waals surface area contributed by atoms with E-state index in [9.17, 15) is 39.5 Å². The van der Waals surface area contributed by atoms with Gasteiger partial charge in [0.05, 0.1) is 0 Å². The Hall–Kier alpha value is -0.670. The summed E-state index contributed by atoms with van der Waals surface area (Å²) in [6.07, 6.45) is -6.57. The first kappa shape index (κ1) is 12.4. The van der Waals surface area contributed by atoms with E-state index in [-0.39, 0.29) is 0 Å². The molecule has 0 heterocycles. The van der Waals surface area contributed by atoms with Crippen molar-refractivity contribution >= 4 is 0 Å². The molecule has 1 fully saturated rings. The summed E-state index contributed by atoms with van der Waals surface area (Å²) in [5.74, 6) is -18.8. The van der Waals surface area contributed by atoms with Gasteiger partial charge in [0.2, 0.25) is 0 Å². The molecule has 15 heavy (non-hydrogen) atoms. The second kappa shape index (κ2) is 2.36.